The van der Waals surface area contributed by atoms with E-state index in [-0.39, 0.29) is 0 Å². The first-order valence-corrected chi connectivity index (χ1v) is 6.74. The smallest absolute Gasteiger partial charge is 0.0821 e. The van der Waals surface area contributed by atoms with E-state index in [1.54, 1.807) is 0 Å². The van der Waals surface area contributed by atoms with E-state index in [0.29, 0.717) is 0 Å². The fraction of sp³-hybridized carbons (Fsp3) is 0.857. The van der Waals surface area contributed by atoms with Crippen LogP contribution in [0.4, 0.5) is 0 Å². The lowest BCUT2D eigenvalue weighted by Gasteiger charge is -2.35. The minimum atomic E-state index is 1.25. The fourth-order valence-corrected chi connectivity index (χ4v) is 2.05. The molecule has 0 heterocycles. The highest BCUT2D eigenvalue weighted by Gasteiger charge is 2.18. The number of hydrogen-bond acceptors (Lipinski definition) is 0. The molecule has 0 saturated heterocycles. The molecule has 1 nitrogen and oxygen atoms in total. The van der Waals surface area contributed by atoms with Crippen molar-refractivity contribution < 1.29 is 4.48 Å². The molecule has 0 bridgehead atoms. The molecular formula is C14H30N+. The first-order chi connectivity index (χ1) is 7.24. The van der Waals surface area contributed by atoms with E-state index in [1.807, 2.05) is 0 Å². The van der Waals surface area contributed by atoms with Gasteiger partial charge in [0.2, 0.25) is 0 Å². The minimum Gasteiger partial charge on any atom is -0.324 e. The van der Waals surface area contributed by atoms with Crippen LogP contribution in [0, 0.1) is 0 Å². The van der Waals surface area contributed by atoms with Crippen LogP contribution in [-0.4, -0.2) is 30.7 Å². The topological polar surface area (TPSA) is 0 Å². The molecule has 0 aromatic carbocycles. The third-order valence-electron chi connectivity index (χ3n) is 3.67. The van der Waals surface area contributed by atoms with Gasteiger partial charge in [0.15, 0.2) is 0 Å². The summed E-state index contributed by atoms with van der Waals surface area (Å²) in [4.78, 5) is 0. The lowest BCUT2D eigenvalue weighted by molar-refractivity contribution is -0.922. The number of allylic oxidation sites excluding steroid dienone is 1. The molecule has 0 rings (SSSR count). The van der Waals surface area contributed by atoms with E-state index in [9.17, 15) is 0 Å². The van der Waals surface area contributed by atoms with Gasteiger partial charge in [-0.1, -0.05) is 31.9 Å². The van der Waals surface area contributed by atoms with Gasteiger partial charge in [-0.2, -0.15) is 0 Å². The highest BCUT2D eigenvalue weighted by molar-refractivity contribution is 4.81. The summed E-state index contributed by atoms with van der Waals surface area (Å²) in [7, 11) is 0. The summed E-state index contributed by atoms with van der Waals surface area (Å²) < 4.78 is 1.28. The van der Waals surface area contributed by atoms with Gasteiger partial charge in [-0.3, -0.25) is 0 Å². The van der Waals surface area contributed by atoms with Crippen LogP contribution in [0.1, 0.15) is 53.4 Å². The quantitative estimate of drug-likeness (QED) is 0.308. The van der Waals surface area contributed by atoms with E-state index in [1.165, 1.54) is 56.3 Å². The van der Waals surface area contributed by atoms with Crippen LogP contribution in [0.2, 0.25) is 0 Å². The van der Waals surface area contributed by atoms with E-state index in [4.69, 9.17) is 0 Å². The van der Waals surface area contributed by atoms with Crippen LogP contribution >= 0.6 is 0 Å². The summed E-state index contributed by atoms with van der Waals surface area (Å²) in [6, 6.07) is 0. The molecule has 1 heteroatoms. The first kappa shape index (κ1) is 14.7. The number of unbranched alkanes of at least 4 members (excludes halogenated alkanes) is 2. The van der Waals surface area contributed by atoms with Crippen molar-refractivity contribution in [3.63, 3.8) is 0 Å². The highest BCUT2D eigenvalue weighted by atomic mass is 15.3. The highest BCUT2D eigenvalue weighted by Crippen LogP contribution is 2.07. The normalized spacial score (nSPS) is 12.5. The van der Waals surface area contributed by atoms with Gasteiger partial charge in [-0.15, -0.1) is 0 Å². The van der Waals surface area contributed by atoms with Crippen LogP contribution in [-0.2, 0) is 0 Å². The number of nitrogens with zero attached hydrogens (tertiary/aromatic N) is 1. The van der Waals surface area contributed by atoms with Crippen LogP contribution in [0.5, 0.6) is 0 Å². The Bertz CT molecular complexity index is 148. The van der Waals surface area contributed by atoms with Crippen LogP contribution in [0.3, 0.4) is 0 Å². The third-order valence-corrected chi connectivity index (χ3v) is 3.67. The zero-order valence-electron chi connectivity index (χ0n) is 11.3. The van der Waals surface area contributed by atoms with Crippen molar-refractivity contribution in [1.29, 1.82) is 0 Å². The average Bonchev–Trinajstić information content (AvgIpc) is 2.29. The summed E-state index contributed by atoms with van der Waals surface area (Å²) in [5.74, 6) is 0. The molecule has 0 unspecified atom stereocenters. The van der Waals surface area contributed by atoms with Crippen molar-refractivity contribution in [3.8, 4) is 0 Å². The second-order valence-corrected chi connectivity index (χ2v) is 4.42. The number of hydrogen-bond donors (Lipinski definition) is 0. The van der Waals surface area contributed by atoms with Gasteiger partial charge in [0.05, 0.1) is 26.2 Å². The van der Waals surface area contributed by atoms with Gasteiger partial charge in [0, 0.05) is 6.42 Å². The van der Waals surface area contributed by atoms with Crippen LogP contribution in [0.25, 0.3) is 0 Å². The average molecular weight is 212 g/mol. The molecule has 0 N–H and O–H groups in total. The van der Waals surface area contributed by atoms with Gasteiger partial charge in [-0.25, -0.2) is 0 Å². The zero-order valence-corrected chi connectivity index (χ0v) is 11.3. The predicted molar refractivity (Wildman–Crippen MR) is 70.0 cm³/mol. The van der Waals surface area contributed by atoms with Crippen LogP contribution < -0.4 is 0 Å². The molecule has 0 aromatic rings. The largest absolute Gasteiger partial charge is 0.324 e. The predicted octanol–water partition coefficient (Wildman–Crippen LogP) is 4.00. The maximum Gasteiger partial charge on any atom is 0.0821 e. The Morgan fingerprint density at radius 1 is 0.800 bits per heavy atom. The lowest BCUT2D eigenvalue weighted by Crippen LogP contribution is -2.47. The molecular weight excluding hydrogens is 182 g/mol. The maximum atomic E-state index is 2.38. The lowest BCUT2D eigenvalue weighted by atomic mass is 10.2. The summed E-state index contributed by atoms with van der Waals surface area (Å²) >= 11 is 0. The standard InChI is InChI=1S/C14H30N/c1-5-9-10-11-12-13-14-15(6-2,7-3)8-4/h11-12H,5-10,13-14H2,1-4H3/q+1/b12-11+. The van der Waals surface area contributed by atoms with Crippen molar-refractivity contribution in [2.45, 2.75) is 53.4 Å². The molecule has 0 aliphatic heterocycles. The van der Waals surface area contributed by atoms with Gasteiger partial charge >= 0.3 is 0 Å². The third kappa shape index (κ3) is 5.99. The molecule has 0 aliphatic carbocycles. The van der Waals surface area contributed by atoms with Gasteiger partial charge in [0.25, 0.3) is 0 Å². The Morgan fingerprint density at radius 3 is 1.80 bits per heavy atom. The van der Waals surface area contributed by atoms with Crippen molar-refractivity contribution >= 4 is 0 Å². The van der Waals surface area contributed by atoms with Crippen molar-refractivity contribution in [3.05, 3.63) is 12.2 Å². The molecule has 0 fully saturated rings. The number of quaternary nitrogens is 1. The summed E-state index contributed by atoms with van der Waals surface area (Å²) in [5, 5.41) is 0. The Hall–Kier alpha value is -0.300. The van der Waals surface area contributed by atoms with Gasteiger partial charge in [-0.05, 0) is 27.2 Å². The zero-order chi connectivity index (χ0) is 11.6. The van der Waals surface area contributed by atoms with E-state index < -0.39 is 0 Å². The molecule has 0 radical (unpaired) electrons. The van der Waals surface area contributed by atoms with E-state index in [2.05, 4.69) is 39.8 Å². The van der Waals surface area contributed by atoms with Crippen molar-refractivity contribution in [1.82, 2.24) is 0 Å². The Morgan fingerprint density at radius 2 is 1.33 bits per heavy atom. The van der Waals surface area contributed by atoms with Crippen LogP contribution in [0.15, 0.2) is 12.2 Å². The molecule has 0 aromatic heterocycles. The summed E-state index contributed by atoms with van der Waals surface area (Å²) in [6.07, 6.45) is 9.90. The van der Waals surface area contributed by atoms with E-state index >= 15 is 0 Å². The van der Waals surface area contributed by atoms with E-state index in [0.717, 1.165) is 0 Å². The molecule has 0 amide bonds. The van der Waals surface area contributed by atoms with Gasteiger partial charge < -0.3 is 4.48 Å². The van der Waals surface area contributed by atoms with Crippen molar-refractivity contribution in [2.24, 2.45) is 0 Å². The second kappa shape index (κ2) is 8.96. The Balaban J connectivity index is 3.75. The minimum absolute atomic E-state index is 1.25. The molecule has 0 saturated carbocycles. The SMILES string of the molecule is CCCC/C=C/CC[N+](CC)(CC)CC. The molecule has 15 heavy (non-hydrogen) atoms. The number of rotatable bonds is 9. The molecule has 0 spiro atoms. The second-order valence-electron chi connectivity index (χ2n) is 4.42. The first-order valence-electron chi connectivity index (χ1n) is 6.74. The summed E-state index contributed by atoms with van der Waals surface area (Å²) in [5.41, 5.74) is 0. The Labute approximate surface area is 96.8 Å². The van der Waals surface area contributed by atoms with Gasteiger partial charge in [0.1, 0.15) is 0 Å². The maximum absolute atomic E-state index is 2.38. The monoisotopic (exact) mass is 212 g/mol. The molecule has 90 valence electrons. The Kier molecular flexibility index (Phi) is 8.79. The fourth-order valence-electron chi connectivity index (χ4n) is 2.05. The summed E-state index contributed by atoms with van der Waals surface area (Å²) in [6.45, 7) is 14.3. The molecule has 0 atom stereocenters. The molecule has 0 aliphatic rings. The van der Waals surface area contributed by atoms with Crippen molar-refractivity contribution in [2.75, 3.05) is 26.2 Å².